The summed E-state index contributed by atoms with van der Waals surface area (Å²) in [5.74, 6) is -5.68. The fraction of sp³-hybridized carbons (Fsp3) is 0.500. The molecule has 1 aliphatic heterocycles. The van der Waals surface area contributed by atoms with Crippen LogP contribution in [0.1, 0.15) is 46.5 Å². The summed E-state index contributed by atoms with van der Waals surface area (Å²) < 4.78 is 26.2. The number of nitrogens with one attached hydrogen (secondary N) is 1. The lowest BCUT2D eigenvalue weighted by Crippen LogP contribution is -2.48. The van der Waals surface area contributed by atoms with E-state index in [0.29, 0.717) is 0 Å². The van der Waals surface area contributed by atoms with E-state index in [0.717, 1.165) is 0 Å². The number of Topliss-reactive ketones (excluding diaryl/α,β-unsaturated/α-hetero) is 2. The van der Waals surface area contributed by atoms with Gasteiger partial charge in [0.15, 0.2) is 0 Å². The average Bonchev–Trinajstić information content (AvgIpc) is 3.37. The number of nitrogens with zero attached hydrogens (tertiary/aromatic N) is 2. The predicted molar refractivity (Wildman–Crippen MR) is 102 cm³/mol. The Balaban J connectivity index is 1.32. The summed E-state index contributed by atoms with van der Waals surface area (Å²) in [6.07, 6.45) is 1.72. The maximum atomic E-state index is 13.1. The highest BCUT2D eigenvalue weighted by Crippen LogP contribution is 2.49. The van der Waals surface area contributed by atoms with Crippen LogP contribution >= 0.6 is 11.6 Å². The van der Waals surface area contributed by atoms with Gasteiger partial charge in [-0.2, -0.15) is 0 Å². The normalized spacial score (nSPS) is 24.5. The molecule has 10 heteroatoms. The summed E-state index contributed by atoms with van der Waals surface area (Å²) in [5.41, 5.74) is -0.993. The Morgan fingerprint density at radius 1 is 1.30 bits per heavy atom. The molecule has 30 heavy (non-hydrogen) atoms. The molecular weight excluding hydrogens is 420 g/mol. The first-order valence-corrected chi connectivity index (χ1v) is 10.1. The summed E-state index contributed by atoms with van der Waals surface area (Å²) in [4.78, 5) is 42.3. The van der Waals surface area contributed by atoms with Crippen molar-refractivity contribution >= 4 is 29.1 Å². The van der Waals surface area contributed by atoms with Crippen molar-refractivity contribution in [2.45, 2.75) is 37.2 Å². The Hall–Kier alpha value is -2.39. The molecule has 1 unspecified atom stereocenters. The molecule has 2 N–H and O–H groups in total. The van der Waals surface area contributed by atoms with E-state index in [2.05, 4.69) is 10.3 Å². The zero-order valence-corrected chi connectivity index (χ0v) is 16.7. The monoisotopic (exact) mass is 439 g/mol. The van der Waals surface area contributed by atoms with Gasteiger partial charge in [0.1, 0.15) is 22.3 Å². The van der Waals surface area contributed by atoms with E-state index in [1.54, 1.807) is 6.07 Å². The van der Waals surface area contributed by atoms with Crippen LogP contribution in [0.2, 0.25) is 0 Å². The highest BCUT2D eigenvalue weighted by molar-refractivity contribution is 6.49. The molecule has 1 aromatic rings. The van der Waals surface area contributed by atoms with Gasteiger partial charge in [-0.25, -0.2) is 8.78 Å². The van der Waals surface area contributed by atoms with Gasteiger partial charge in [-0.3, -0.25) is 19.4 Å². The number of carbonyl (C=O) groups excluding carboxylic acids is 3. The topological polar surface area (TPSA) is 99.6 Å². The SMILES string of the molecule is O=C1C(Cl)=C(NCCC2(O)CCN(C(=O)C3CC3(F)F)CC2)C(=O)c2ncccc21. The Kier molecular flexibility index (Phi) is 5.14. The molecule has 1 atom stereocenters. The second-order valence-corrected chi connectivity index (χ2v) is 8.37. The molecule has 2 fully saturated rings. The highest BCUT2D eigenvalue weighted by atomic mass is 35.5. The third-order valence-corrected chi connectivity index (χ3v) is 6.30. The number of likely N-dealkylation sites (tertiary alicyclic amines) is 1. The lowest BCUT2D eigenvalue weighted by molar-refractivity contribution is -0.139. The third kappa shape index (κ3) is 3.72. The molecule has 160 valence electrons. The number of amides is 1. The largest absolute Gasteiger partial charge is 0.390 e. The van der Waals surface area contributed by atoms with Crippen molar-refractivity contribution < 1.29 is 28.3 Å². The Morgan fingerprint density at radius 3 is 2.60 bits per heavy atom. The molecular formula is C20H20ClF2N3O4. The fourth-order valence-corrected chi connectivity index (χ4v) is 4.15. The number of hydrogen-bond acceptors (Lipinski definition) is 6. The summed E-state index contributed by atoms with van der Waals surface area (Å²) in [6, 6.07) is 3.03. The predicted octanol–water partition coefficient (Wildman–Crippen LogP) is 1.90. The first-order valence-electron chi connectivity index (χ1n) is 9.70. The molecule has 1 aromatic heterocycles. The first kappa shape index (κ1) is 20.9. The molecule has 0 aromatic carbocycles. The second-order valence-electron chi connectivity index (χ2n) is 7.99. The van der Waals surface area contributed by atoms with Crippen LogP contribution in [0.15, 0.2) is 29.1 Å². The standard InChI is InChI=1S/C20H20ClF2N3O4/c21-13-15(17(28)14-11(16(13)27)2-1-6-24-14)25-7-3-19(30)4-8-26(9-5-19)18(29)12-10-20(12,22)23/h1-2,6,12,25,30H,3-5,7-10H2. The highest BCUT2D eigenvalue weighted by Gasteiger charge is 2.62. The first-order chi connectivity index (χ1) is 14.1. The lowest BCUT2D eigenvalue weighted by atomic mass is 9.88. The summed E-state index contributed by atoms with van der Waals surface area (Å²) in [6.45, 7) is 0.554. The number of aromatic nitrogens is 1. The summed E-state index contributed by atoms with van der Waals surface area (Å²) in [5, 5.41) is 13.4. The number of halogens is 3. The van der Waals surface area contributed by atoms with Crippen LogP contribution < -0.4 is 5.32 Å². The van der Waals surface area contributed by atoms with Gasteiger partial charge in [0, 0.05) is 32.3 Å². The third-order valence-electron chi connectivity index (χ3n) is 5.94. The van der Waals surface area contributed by atoms with Gasteiger partial charge in [0.2, 0.25) is 17.5 Å². The van der Waals surface area contributed by atoms with Crippen molar-refractivity contribution in [1.29, 1.82) is 0 Å². The van der Waals surface area contributed by atoms with Crippen molar-refractivity contribution in [3.8, 4) is 0 Å². The van der Waals surface area contributed by atoms with Gasteiger partial charge in [0.25, 0.3) is 5.92 Å². The number of aliphatic hydroxyl groups is 1. The number of ketones is 2. The van der Waals surface area contributed by atoms with Crippen LogP contribution in [0.3, 0.4) is 0 Å². The minimum Gasteiger partial charge on any atom is -0.390 e. The van der Waals surface area contributed by atoms with Crippen LogP contribution in [-0.2, 0) is 4.79 Å². The molecule has 0 spiro atoms. The van der Waals surface area contributed by atoms with Gasteiger partial charge in [-0.15, -0.1) is 0 Å². The van der Waals surface area contributed by atoms with Gasteiger partial charge >= 0.3 is 0 Å². The van der Waals surface area contributed by atoms with Crippen molar-refractivity contribution in [2.75, 3.05) is 19.6 Å². The number of pyridine rings is 1. The van der Waals surface area contributed by atoms with E-state index in [1.165, 1.54) is 17.2 Å². The van der Waals surface area contributed by atoms with E-state index in [-0.39, 0.29) is 60.9 Å². The molecule has 3 aliphatic rings. The minimum atomic E-state index is -2.90. The molecule has 1 saturated heterocycles. The van der Waals surface area contributed by atoms with Crippen molar-refractivity contribution in [1.82, 2.24) is 15.2 Å². The number of allylic oxidation sites excluding steroid dienone is 2. The summed E-state index contributed by atoms with van der Waals surface area (Å²) >= 11 is 6.08. The van der Waals surface area contributed by atoms with E-state index in [9.17, 15) is 28.3 Å². The van der Waals surface area contributed by atoms with E-state index < -0.39 is 41.3 Å². The lowest BCUT2D eigenvalue weighted by Gasteiger charge is -2.38. The van der Waals surface area contributed by atoms with Crippen LogP contribution in [0.5, 0.6) is 0 Å². The zero-order valence-electron chi connectivity index (χ0n) is 16.0. The quantitative estimate of drug-likeness (QED) is 0.727. The van der Waals surface area contributed by atoms with Crippen molar-refractivity contribution in [3.63, 3.8) is 0 Å². The molecule has 7 nitrogen and oxygen atoms in total. The number of alkyl halides is 2. The Morgan fingerprint density at radius 2 is 1.97 bits per heavy atom. The zero-order chi connectivity index (χ0) is 21.7. The van der Waals surface area contributed by atoms with E-state index in [4.69, 9.17) is 11.6 Å². The molecule has 1 amide bonds. The van der Waals surface area contributed by atoms with Crippen molar-refractivity contribution in [2.24, 2.45) is 5.92 Å². The number of piperidine rings is 1. The number of fused-ring (bicyclic) bond motifs is 1. The second kappa shape index (κ2) is 7.39. The van der Waals surface area contributed by atoms with Crippen LogP contribution in [0.25, 0.3) is 0 Å². The molecule has 0 radical (unpaired) electrons. The fourth-order valence-electron chi connectivity index (χ4n) is 3.89. The van der Waals surface area contributed by atoms with Crippen LogP contribution in [0, 0.1) is 5.92 Å². The van der Waals surface area contributed by atoms with Gasteiger partial charge < -0.3 is 15.3 Å². The van der Waals surface area contributed by atoms with Crippen LogP contribution in [0.4, 0.5) is 8.78 Å². The maximum Gasteiger partial charge on any atom is 0.260 e. The van der Waals surface area contributed by atoms with Gasteiger partial charge in [-0.05, 0) is 31.4 Å². The smallest absolute Gasteiger partial charge is 0.260 e. The molecule has 0 bridgehead atoms. The van der Waals surface area contributed by atoms with Crippen LogP contribution in [-0.4, -0.2) is 63.6 Å². The number of hydrogen-bond donors (Lipinski definition) is 2. The van der Waals surface area contributed by atoms with Crippen molar-refractivity contribution in [3.05, 3.63) is 40.3 Å². The average molecular weight is 440 g/mol. The molecule has 1 saturated carbocycles. The molecule has 2 aliphatic carbocycles. The molecule has 4 rings (SSSR count). The Bertz CT molecular complexity index is 957. The maximum absolute atomic E-state index is 13.1. The van der Waals surface area contributed by atoms with Gasteiger partial charge in [0.05, 0.1) is 11.2 Å². The van der Waals surface area contributed by atoms with Gasteiger partial charge in [-0.1, -0.05) is 11.6 Å². The van der Waals surface area contributed by atoms with E-state index >= 15 is 0 Å². The molecule has 2 heterocycles. The van der Waals surface area contributed by atoms with E-state index in [1.807, 2.05) is 0 Å². The Labute approximate surface area is 176 Å². The minimum absolute atomic E-state index is 0.0248. The number of carbonyl (C=O) groups is 3. The summed E-state index contributed by atoms with van der Waals surface area (Å²) in [7, 11) is 0. The number of rotatable bonds is 5.